The summed E-state index contributed by atoms with van der Waals surface area (Å²) in [6, 6.07) is 22.4. The van der Waals surface area contributed by atoms with Gasteiger partial charge in [-0.25, -0.2) is 9.78 Å². The van der Waals surface area contributed by atoms with Crippen molar-refractivity contribution in [2.75, 3.05) is 5.32 Å². The molecule has 1 atom stereocenters. The van der Waals surface area contributed by atoms with Crippen molar-refractivity contribution < 1.29 is 14.3 Å². The van der Waals surface area contributed by atoms with Crippen molar-refractivity contribution in [2.24, 2.45) is 0 Å². The van der Waals surface area contributed by atoms with Crippen molar-refractivity contribution in [3.63, 3.8) is 0 Å². The van der Waals surface area contributed by atoms with Crippen LogP contribution in [0.25, 0.3) is 11.3 Å². The summed E-state index contributed by atoms with van der Waals surface area (Å²) in [5.74, 6) is -0.590. The summed E-state index contributed by atoms with van der Waals surface area (Å²) in [7, 11) is 0. The van der Waals surface area contributed by atoms with Crippen molar-refractivity contribution in [2.45, 2.75) is 19.4 Å². The summed E-state index contributed by atoms with van der Waals surface area (Å²) in [5, 5.41) is 5.95. The third-order valence-corrected chi connectivity index (χ3v) is 6.22. The second kappa shape index (κ2) is 8.40. The largest absolute Gasteiger partial charge is 0.454 e. The number of carbonyl (C=O) groups excluding carboxylic acids is 2. The van der Waals surface area contributed by atoms with E-state index in [9.17, 15) is 9.59 Å². The number of hydrogen-bond acceptors (Lipinski definition) is 5. The number of esters is 1. The second-order valence-corrected chi connectivity index (χ2v) is 8.73. The van der Waals surface area contributed by atoms with E-state index >= 15 is 0 Å². The molecule has 5 rings (SSSR count). The number of aromatic nitrogens is 1. The SMILES string of the molecule is Cc1nc(-c2cccc(NC(=O)c3ccc4c(c3)CC(c3ccccc3)OC4=O)c2)cs1. The Balaban J connectivity index is 1.37. The van der Waals surface area contributed by atoms with Gasteiger partial charge in [0.05, 0.1) is 16.3 Å². The number of nitrogens with zero attached hydrogens (tertiary/aromatic N) is 1. The van der Waals surface area contributed by atoms with Gasteiger partial charge in [-0.3, -0.25) is 4.79 Å². The number of fused-ring (bicyclic) bond motifs is 1. The molecule has 32 heavy (non-hydrogen) atoms. The lowest BCUT2D eigenvalue weighted by Crippen LogP contribution is -2.23. The number of thiazole rings is 1. The van der Waals surface area contributed by atoms with E-state index in [0.29, 0.717) is 23.2 Å². The molecule has 1 aliphatic rings. The van der Waals surface area contributed by atoms with Gasteiger partial charge in [-0.2, -0.15) is 0 Å². The van der Waals surface area contributed by atoms with E-state index in [4.69, 9.17) is 4.74 Å². The molecule has 1 aliphatic heterocycles. The van der Waals surface area contributed by atoms with Gasteiger partial charge in [0.15, 0.2) is 0 Å². The monoisotopic (exact) mass is 440 g/mol. The number of benzene rings is 3. The smallest absolute Gasteiger partial charge is 0.339 e. The zero-order chi connectivity index (χ0) is 22.1. The van der Waals surface area contributed by atoms with Crippen LogP contribution in [-0.2, 0) is 11.2 Å². The molecule has 1 amide bonds. The standard InChI is InChI=1S/C26H20N2O3S/c1-16-27-23(15-32-16)18-8-5-9-21(13-18)28-25(29)19-10-11-22-20(12-19)14-24(31-26(22)30)17-6-3-2-4-7-17/h2-13,15,24H,14H2,1H3,(H,28,29). The lowest BCUT2D eigenvalue weighted by Gasteiger charge is -2.25. The van der Waals surface area contributed by atoms with Crippen LogP contribution in [0.15, 0.2) is 78.2 Å². The molecule has 0 spiro atoms. The maximum absolute atomic E-state index is 12.9. The first-order valence-electron chi connectivity index (χ1n) is 10.3. The molecule has 2 heterocycles. The Morgan fingerprint density at radius 2 is 1.91 bits per heavy atom. The Morgan fingerprint density at radius 3 is 2.69 bits per heavy atom. The quantitative estimate of drug-likeness (QED) is 0.406. The van der Waals surface area contributed by atoms with E-state index in [1.54, 1.807) is 29.5 Å². The van der Waals surface area contributed by atoms with Crippen molar-refractivity contribution in [1.29, 1.82) is 0 Å². The number of carbonyl (C=O) groups is 2. The summed E-state index contributed by atoms with van der Waals surface area (Å²) >= 11 is 1.59. The molecule has 0 aliphatic carbocycles. The van der Waals surface area contributed by atoms with Crippen molar-refractivity contribution >= 4 is 28.9 Å². The summed E-state index contributed by atoms with van der Waals surface area (Å²) < 4.78 is 5.61. The number of ether oxygens (including phenoxy) is 1. The number of amides is 1. The van der Waals surface area contributed by atoms with Crippen molar-refractivity contribution in [1.82, 2.24) is 4.98 Å². The Bertz CT molecular complexity index is 1310. The van der Waals surface area contributed by atoms with Gasteiger partial charge < -0.3 is 10.1 Å². The first-order valence-corrected chi connectivity index (χ1v) is 11.2. The van der Waals surface area contributed by atoms with Gasteiger partial charge in [0, 0.05) is 28.6 Å². The minimum atomic E-state index is -0.363. The Hall–Kier alpha value is -3.77. The van der Waals surface area contributed by atoms with E-state index in [1.807, 2.05) is 66.9 Å². The van der Waals surface area contributed by atoms with E-state index in [-0.39, 0.29) is 18.0 Å². The number of anilines is 1. The highest BCUT2D eigenvalue weighted by Gasteiger charge is 2.28. The molecule has 3 aromatic carbocycles. The van der Waals surface area contributed by atoms with E-state index < -0.39 is 0 Å². The second-order valence-electron chi connectivity index (χ2n) is 7.67. The minimum absolute atomic E-state index is 0.227. The molecular formula is C26H20N2O3S. The van der Waals surface area contributed by atoms with Gasteiger partial charge in [0.2, 0.25) is 0 Å². The lowest BCUT2D eigenvalue weighted by atomic mass is 9.93. The topological polar surface area (TPSA) is 68.3 Å². The Kier molecular flexibility index (Phi) is 5.29. The van der Waals surface area contributed by atoms with Crippen LogP contribution in [0.4, 0.5) is 5.69 Å². The molecule has 5 nitrogen and oxygen atoms in total. The molecule has 0 bridgehead atoms. The van der Waals surface area contributed by atoms with Crippen LogP contribution in [0.5, 0.6) is 0 Å². The molecule has 1 N–H and O–H groups in total. The van der Waals surface area contributed by atoms with Gasteiger partial charge in [-0.1, -0.05) is 42.5 Å². The summed E-state index contributed by atoms with van der Waals surface area (Å²) in [5.41, 5.74) is 5.30. The average Bonchev–Trinajstić information content (AvgIpc) is 3.26. The Morgan fingerprint density at radius 1 is 1.06 bits per heavy atom. The normalized spacial score (nSPS) is 15.0. The fourth-order valence-corrected chi connectivity index (χ4v) is 4.47. The predicted molar refractivity (Wildman–Crippen MR) is 125 cm³/mol. The number of hydrogen-bond donors (Lipinski definition) is 1. The molecule has 1 aromatic heterocycles. The zero-order valence-corrected chi connectivity index (χ0v) is 18.2. The molecule has 0 saturated carbocycles. The Labute approximate surface area is 189 Å². The molecule has 4 aromatic rings. The number of rotatable bonds is 4. The molecule has 0 radical (unpaired) electrons. The first-order chi connectivity index (χ1) is 15.6. The number of cyclic esters (lactones) is 1. The summed E-state index contributed by atoms with van der Waals surface area (Å²) in [6.07, 6.45) is 0.179. The molecular weight excluding hydrogens is 420 g/mol. The summed E-state index contributed by atoms with van der Waals surface area (Å²) in [4.78, 5) is 29.9. The zero-order valence-electron chi connectivity index (χ0n) is 17.4. The average molecular weight is 441 g/mol. The molecule has 6 heteroatoms. The lowest BCUT2D eigenvalue weighted by molar-refractivity contribution is 0.0252. The highest BCUT2D eigenvalue weighted by atomic mass is 32.1. The van der Waals surface area contributed by atoms with Gasteiger partial charge in [-0.05, 0) is 48.4 Å². The van der Waals surface area contributed by atoms with Gasteiger partial charge in [0.25, 0.3) is 5.91 Å². The fraction of sp³-hybridized carbons (Fsp3) is 0.115. The van der Waals surface area contributed by atoms with Crippen LogP contribution in [0.3, 0.4) is 0 Å². The third kappa shape index (κ3) is 4.05. The molecule has 0 fully saturated rings. The van der Waals surface area contributed by atoms with Crippen molar-refractivity contribution in [3.05, 3.63) is 105 Å². The van der Waals surface area contributed by atoms with Crippen LogP contribution >= 0.6 is 11.3 Å². The van der Waals surface area contributed by atoms with E-state index in [2.05, 4.69) is 10.3 Å². The van der Waals surface area contributed by atoms with Crippen LogP contribution in [0.2, 0.25) is 0 Å². The first kappa shape index (κ1) is 20.2. The van der Waals surface area contributed by atoms with E-state index in [1.165, 1.54) is 0 Å². The highest BCUT2D eigenvalue weighted by Crippen LogP contribution is 2.31. The van der Waals surface area contributed by atoms with Gasteiger partial charge in [-0.15, -0.1) is 11.3 Å². The van der Waals surface area contributed by atoms with Crippen LogP contribution in [-0.4, -0.2) is 16.9 Å². The summed E-state index contributed by atoms with van der Waals surface area (Å²) in [6.45, 7) is 1.97. The van der Waals surface area contributed by atoms with Gasteiger partial charge >= 0.3 is 5.97 Å². The fourth-order valence-electron chi connectivity index (χ4n) is 3.85. The van der Waals surface area contributed by atoms with Gasteiger partial charge in [0.1, 0.15) is 6.10 Å². The molecule has 1 unspecified atom stereocenters. The number of nitrogens with one attached hydrogen (secondary N) is 1. The van der Waals surface area contributed by atoms with Crippen LogP contribution < -0.4 is 5.32 Å². The maximum Gasteiger partial charge on any atom is 0.339 e. The highest BCUT2D eigenvalue weighted by molar-refractivity contribution is 7.09. The minimum Gasteiger partial charge on any atom is -0.454 e. The van der Waals surface area contributed by atoms with E-state index in [0.717, 1.165) is 27.4 Å². The predicted octanol–water partition coefficient (Wildman–Crippen LogP) is 5.83. The van der Waals surface area contributed by atoms with Crippen LogP contribution in [0, 0.1) is 6.92 Å². The van der Waals surface area contributed by atoms with Crippen molar-refractivity contribution in [3.8, 4) is 11.3 Å². The molecule has 0 saturated heterocycles. The molecule has 158 valence electrons. The maximum atomic E-state index is 12.9. The third-order valence-electron chi connectivity index (χ3n) is 5.45. The number of aryl methyl sites for hydroxylation is 1. The van der Waals surface area contributed by atoms with Crippen LogP contribution in [0.1, 0.15) is 43.0 Å².